The number of thiol groups is 1. The number of H-pyrrole nitrogens is 1. The number of primary amides is 1. The molecule has 54 valence electrons. The summed E-state index contributed by atoms with van der Waals surface area (Å²) in [7, 11) is 0. The van der Waals surface area contributed by atoms with E-state index in [0.717, 1.165) is 0 Å². The van der Waals surface area contributed by atoms with Gasteiger partial charge < -0.3 is 10.7 Å². The number of aromatic nitrogens is 2. The van der Waals surface area contributed by atoms with E-state index < -0.39 is 5.91 Å². The monoisotopic (exact) mass is 157 g/mol. The third kappa shape index (κ3) is 1.13. The Balaban J connectivity index is 3.15. The summed E-state index contributed by atoms with van der Waals surface area (Å²) in [4.78, 5) is 17.1. The molecular weight excluding hydrogens is 150 g/mol. The van der Waals surface area contributed by atoms with Crippen LogP contribution in [0.5, 0.6) is 0 Å². The number of nitrogens with zero attached hydrogens (tertiary/aromatic N) is 1. The molecule has 3 N–H and O–H groups in total. The first-order chi connectivity index (χ1) is 4.61. The van der Waals surface area contributed by atoms with Crippen LogP contribution in [0.3, 0.4) is 0 Å². The fourth-order valence-corrected chi connectivity index (χ4v) is 0.967. The number of aryl methyl sites for hydroxylation is 1. The third-order valence-electron chi connectivity index (χ3n) is 1.05. The highest BCUT2D eigenvalue weighted by Gasteiger charge is 2.08. The minimum Gasteiger partial charge on any atom is -0.364 e. The van der Waals surface area contributed by atoms with Gasteiger partial charge in [0.2, 0.25) is 0 Å². The Morgan fingerprint density at radius 1 is 1.80 bits per heavy atom. The van der Waals surface area contributed by atoms with Crippen LogP contribution >= 0.6 is 12.6 Å². The quantitative estimate of drug-likeness (QED) is 0.506. The summed E-state index contributed by atoms with van der Waals surface area (Å²) in [6.45, 7) is 1.73. The van der Waals surface area contributed by atoms with Crippen LogP contribution in [0.15, 0.2) is 5.03 Å². The summed E-state index contributed by atoms with van der Waals surface area (Å²) in [6, 6.07) is 0. The predicted octanol–water partition coefficient (Wildman–Crippen LogP) is 0.106. The molecule has 0 saturated carbocycles. The Bertz CT molecular complexity index is 268. The van der Waals surface area contributed by atoms with Gasteiger partial charge in [0.1, 0.15) is 16.5 Å². The van der Waals surface area contributed by atoms with E-state index in [9.17, 15) is 4.79 Å². The highest BCUT2D eigenvalue weighted by Crippen LogP contribution is 2.08. The minimum atomic E-state index is -0.536. The Labute approximate surface area is 63.2 Å². The Morgan fingerprint density at radius 3 is 2.60 bits per heavy atom. The normalized spacial score (nSPS) is 9.80. The number of carbonyl (C=O) groups is 1. The molecule has 0 atom stereocenters. The van der Waals surface area contributed by atoms with Gasteiger partial charge in [0, 0.05) is 0 Å². The van der Waals surface area contributed by atoms with E-state index in [2.05, 4.69) is 22.6 Å². The summed E-state index contributed by atoms with van der Waals surface area (Å²) in [5, 5.41) is 0.352. The number of aromatic amines is 1. The maximum Gasteiger partial charge on any atom is 0.267 e. The smallest absolute Gasteiger partial charge is 0.267 e. The standard InChI is InChI=1S/C5H7N3OS/c1-2-7-3(4(6)9)5(10)8-2/h10H,1H3,(H2,6,9)(H,7,8). The van der Waals surface area contributed by atoms with Crippen LogP contribution in [-0.4, -0.2) is 15.9 Å². The van der Waals surface area contributed by atoms with Gasteiger partial charge in [-0.05, 0) is 6.92 Å². The molecule has 0 aliphatic rings. The van der Waals surface area contributed by atoms with Gasteiger partial charge in [0.05, 0.1) is 0 Å². The number of rotatable bonds is 1. The molecule has 1 aromatic heterocycles. The van der Waals surface area contributed by atoms with Crippen molar-refractivity contribution in [3.63, 3.8) is 0 Å². The van der Waals surface area contributed by atoms with Gasteiger partial charge in [0.25, 0.3) is 5.91 Å². The zero-order valence-electron chi connectivity index (χ0n) is 5.38. The maximum atomic E-state index is 10.5. The van der Waals surface area contributed by atoms with Gasteiger partial charge in [-0.25, -0.2) is 4.98 Å². The molecule has 0 aromatic carbocycles. The summed E-state index contributed by atoms with van der Waals surface area (Å²) in [5.41, 5.74) is 5.23. The predicted molar refractivity (Wildman–Crippen MR) is 39.1 cm³/mol. The molecule has 0 spiro atoms. The first-order valence-electron chi connectivity index (χ1n) is 2.66. The highest BCUT2D eigenvalue weighted by atomic mass is 32.1. The lowest BCUT2D eigenvalue weighted by atomic mass is 10.5. The van der Waals surface area contributed by atoms with Gasteiger partial charge in [-0.3, -0.25) is 4.79 Å². The van der Waals surface area contributed by atoms with Crippen molar-refractivity contribution < 1.29 is 4.79 Å². The van der Waals surface area contributed by atoms with Crippen molar-refractivity contribution in [3.8, 4) is 0 Å². The third-order valence-corrected chi connectivity index (χ3v) is 1.37. The largest absolute Gasteiger partial charge is 0.364 e. The van der Waals surface area contributed by atoms with E-state index >= 15 is 0 Å². The molecule has 1 amide bonds. The molecule has 1 aromatic rings. The second-order valence-corrected chi connectivity index (χ2v) is 2.31. The Hall–Kier alpha value is -0.970. The van der Waals surface area contributed by atoms with E-state index in [1.54, 1.807) is 6.92 Å². The first-order valence-corrected chi connectivity index (χ1v) is 3.11. The fraction of sp³-hybridized carbons (Fsp3) is 0.200. The number of imidazole rings is 1. The van der Waals surface area contributed by atoms with Gasteiger partial charge in [-0.1, -0.05) is 0 Å². The van der Waals surface area contributed by atoms with Crippen LogP contribution in [0.1, 0.15) is 16.3 Å². The lowest BCUT2D eigenvalue weighted by Gasteiger charge is -1.86. The number of amides is 1. The number of hydrogen-bond acceptors (Lipinski definition) is 3. The number of hydrogen-bond donors (Lipinski definition) is 3. The summed E-state index contributed by atoms with van der Waals surface area (Å²) >= 11 is 3.91. The molecule has 4 nitrogen and oxygen atoms in total. The number of nitrogens with one attached hydrogen (secondary N) is 1. The van der Waals surface area contributed by atoms with Crippen molar-refractivity contribution >= 4 is 18.5 Å². The molecule has 0 fully saturated rings. The van der Waals surface area contributed by atoms with E-state index in [4.69, 9.17) is 5.73 Å². The van der Waals surface area contributed by atoms with Crippen LogP contribution in [0, 0.1) is 6.92 Å². The molecule has 0 radical (unpaired) electrons. The van der Waals surface area contributed by atoms with Crippen molar-refractivity contribution in [2.24, 2.45) is 5.73 Å². The van der Waals surface area contributed by atoms with Crippen LogP contribution in [-0.2, 0) is 0 Å². The summed E-state index contributed by atoms with van der Waals surface area (Å²) in [6.07, 6.45) is 0. The number of nitrogens with two attached hydrogens (primary N) is 1. The zero-order chi connectivity index (χ0) is 7.72. The van der Waals surface area contributed by atoms with Crippen LogP contribution in [0.25, 0.3) is 0 Å². The molecule has 1 rings (SSSR count). The molecule has 0 saturated heterocycles. The van der Waals surface area contributed by atoms with Crippen molar-refractivity contribution in [1.82, 2.24) is 9.97 Å². The van der Waals surface area contributed by atoms with Crippen molar-refractivity contribution in [2.75, 3.05) is 0 Å². The first kappa shape index (κ1) is 7.14. The Morgan fingerprint density at radius 2 is 2.40 bits per heavy atom. The molecular formula is C5H7N3OS. The average Bonchev–Trinajstić information content (AvgIpc) is 2.10. The van der Waals surface area contributed by atoms with Crippen LogP contribution < -0.4 is 5.73 Å². The molecule has 10 heavy (non-hydrogen) atoms. The van der Waals surface area contributed by atoms with E-state index in [0.29, 0.717) is 10.9 Å². The highest BCUT2D eigenvalue weighted by molar-refractivity contribution is 7.80. The van der Waals surface area contributed by atoms with Crippen molar-refractivity contribution in [1.29, 1.82) is 0 Å². The Kier molecular flexibility index (Phi) is 1.67. The fourth-order valence-electron chi connectivity index (χ4n) is 0.651. The number of carbonyl (C=O) groups excluding carboxylic acids is 1. The summed E-state index contributed by atoms with van der Waals surface area (Å²) < 4.78 is 0. The summed E-state index contributed by atoms with van der Waals surface area (Å²) in [5.74, 6) is 0.101. The zero-order valence-corrected chi connectivity index (χ0v) is 6.27. The second-order valence-electron chi connectivity index (χ2n) is 1.89. The van der Waals surface area contributed by atoms with Crippen LogP contribution in [0.2, 0.25) is 0 Å². The minimum absolute atomic E-state index is 0.265. The molecule has 5 heteroatoms. The van der Waals surface area contributed by atoms with Crippen molar-refractivity contribution in [2.45, 2.75) is 11.9 Å². The van der Waals surface area contributed by atoms with Crippen molar-refractivity contribution in [3.05, 3.63) is 11.5 Å². The molecule has 1 heterocycles. The van der Waals surface area contributed by atoms with Crippen LogP contribution in [0.4, 0.5) is 0 Å². The van der Waals surface area contributed by atoms with E-state index in [-0.39, 0.29) is 5.69 Å². The molecule has 0 aliphatic heterocycles. The maximum absolute atomic E-state index is 10.5. The SMILES string of the molecule is Cc1nc(S)c(C(N)=O)[nH]1. The van der Waals surface area contributed by atoms with Gasteiger partial charge in [-0.15, -0.1) is 12.6 Å². The second kappa shape index (κ2) is 2.34. The van der Waals surface area contributed by atoms with Gasteiger partial charge in [-0.2, -0.15) is 0 Å². The van der Waals surface area contributed by atoms with Gasteiger partial charge >= 0.3 is 0 Å². The lowest BCUT2D eigenvalue weighted by Crippen LogP contribution is -2.12. The molecule has 0 unspecified atom stereocenters. The topological polar surface area (TPSA) is 71.8 Å². The lowest BCUT2D eigenvalue weighted by molar-refractivity contribution is 0.0993. The van der Waals surface area contributed by atoms with E-state index in [1.807, 2.05) is 0 Å². The van der Waals surface area contributed by atoms with Gasteiger partial charge in [0.15, 0.2) is 0 Å². The average molecular weight is 157 g/mol. The van der Waals surface area contributed by atoms with E-state index in [1.165, 1.54) is 0 Å². The molecule has 0 aliphatic carbocycles. The molecule has 0 bridgehead atoms.